The molecule has 0 spiro atoms. The molecule has 1 aromatic heterocycles. The highest BCUT2D eigenvalue weighted by atomic mass is 16.4. The lowest BCUT2D eigenvalue weighted by molar-refractivity contribution is 0.0705. The van der Waals surface area contributed by atoms with Gasteiger partial charge in [-0.2, -0.15) is 0 Å². The van der Waals surface area contributed by atoms with E-state index < -0.39 is 0 Å². The third-order valence-corrected chi connectivity index (χ3v) is 4.89. The Hall–Kier alpha value is -2.17. The smallest absolute Gasteiger partial charge is 0.254 e. The van der Waals surface area contributed by atoms with E-state index in [2.05, 4.69) is 10.2 Å². The minimum atomic E-state index is 0.130. The van der Waals surface area contributed by atoms with Crippen LogP contribution in [0.3, 0.4) is 0 Å². The molecule has 1 amide bonds. The summed E-state index contributed by atoms with van der Waals surface area (Å²) in [5, 5.41) is 8.39. The maximum atomic E-state index is 12.6. The fourth-order valence-corrected chi connectivity index (χ4v) is 3.22. The van der Waals surface area contributed by atoms with E-state index in [0.717, 1.165) is 48.8 Å². The molecular weight excluding hydrogens is 290 g/mol. The maximum absolute atomic E-state index is 12.6. The Bertz CT molecular complexity index is 713. The second-order valence-corrected chi connectivity index (χ2v) is 6.63. The molecular formula is C18H21N3O2. The number of rotatable bonds is 3. The van der Waals surface area contributed by atoms with E-state index >= 15 is 0 Å². The zero-order chi connectivity index (χ0) is 15.8. The predicted octanol–water partition coefficient (Wildman–Crippen LogP) is 3.28. The molecule has 2 aliphatic rings. The van der Waals surface area contributed by atoms with Crippen molar-refractivity contribution in [1.29, 1.82) is 0 Å². The highest BCUT2D eigenvalue weighted by molar-refractivity contribution is 5.95. The monoisotopic (exact) mass is 311 g/mol. The summed E-state index contributed by atoms with van der Waals surface area (Å²) in [4.78, 5) is 14.6. The third kappa shape index (κ3) is 2.87. The topological polar surface area (TPSA) is 59.2 Å². The number of aryl methyl sites for hydroxylation is 1. The van der Waals surface area contributed by atoms with Crippen LogP contribution in [0.2, 0.25) is 0 Å². The van der Waals surface area contributed by atoms with Crippen LogP contribution in [0, 0.1) is 6.92 Å². The molecule has 0 unspecified atom stereocenters. The van der Waals surface area contributed by atoms with Gasteiger partial charge in [-0.05, 0) is 44.2 Å². The molecule has 2 aromatic rings. The molecule has 2 heterocycles. The number of benzene rings is 1. The largest absolute Gasteiger partial charge is 0.425 e. The highest BCUT2D eigenvalue weighted by Gasteiger charge is 2.32. The van der Waals surface area contributed by atoms with Gasteiger partial charge in [-0.1, -0.05) is 18.2 Å². The van der Waals surface area contributed by atoms with E-state index in [1.165, 1.54) is 12.8 Å². The number of carbonyl (C=O) groups excluding carboxylic acids is 1. The number of likely N-dealkylation sites (tertiary alicyclic amines) is 1. The Morgan fingerprint density at radius 3 is 2.26 bits per heavy atom. The first-order valence-electron chi connectivity index (χ1n) is 8.40. The molecule has 4 rings (SSSR count). The van der Waals surface area contributed by atoms with Gasteiger partial charge in [0.05, 0.1) is 0 Å². The Kier molecular flexibility index (Phi) is 3.63. The van der Waals surface area contributed by atoms with Crippen molar-refractivity contribution < 1.29 is 9.21 Å². The van der Waals surface area contributed by atoms with Gasteiger partial charge in [0.2, 0.25) is 11.8 Å². The summed E-state index contributed by atoms with van der Waals surface area (Å²) in [6, 6.07) is 7.78. The van der Waals surface area contributed by atoms with Crippen LogP contribution in [0.25, 0.3) is 0 Å². The number of amides is 1. The third-order valence-electron chi connectivity index (χ3n) is 4.89. The van der Waals surface area contributed by atoms with Crippen LogP contribution in [0.4, 0.5) is 0 Å². The van der Waals surface area contributed by atoms with E-state index in [9.17, 15) is 4.79 Å². The van der Waals surface area contributed by atoms with Crippen LogP contribution in [-0.4, -0.2) is 34.1 Å². The van der Waals surface area contributed by atoms with Gasteiger partial charge in [0.25, 0.3) is 5.91 Å². The van der Waals surface area contributed by atoms with E-state index in [1.807, 2.05) is 36.1 Å². The summed E-state index contributed by atoms with van der Waals surface area (Å²) in [5.74, 6) is 2.48. The zero-order valence-corrected chi connectivity index (χ0v) is 13.4. The standard InChI is InChI=1S/C18H21N3O2/c1-12-4-2-3-5-15(12)18(22)21-10-8-14(9-11-21)17-20-19-16(23-17)13-6-7-13/h2-5,13-14H,6-11H2,1H3. The van der Waals surface area contributed by atoms with Crippen LogP contribution in [-0.2, 0) is 0 Å². The number of carbonyl (C=O) groups is 1. The number of piperidine rings is 1. The summed E-state index contributed by atoms with van der Waals surface area (Å²) in [6.45, 7) is 3.48. The van der Waals surface area contributed by atoms with E-state index in [4.69, 9.17) is 4.42 Å². The van der Waals surface area contributed by atoms with Crippen molar-refractivity contribution in [3.05, 3.63) is 47.2 Å². The summed E-state index contributed by atoms with van der Waals surface area (Å²) >= 11 is 0. The van der Waals surface area contributed by atoms with Crippen molar-refractivity contribution in [2.45, 2.75) is 44.4 Å². The van der Waals surface area contributed by atoms with Crippen molar-refractivity contribution >= 4 is 5.91 Å². The SMILES string of the molecule is Cc1ccccc1C(=O)N1CCC(c2nnc(C3CC3)o2)CC1. The second-order valence-electron chi connectivity index (χ2n) is 6.63. The summed E-state index contributed by atoms with van der Waals surface area (Å²) < 4.78 is 5.82. The first-order valence-corrected chi connectivity index (χ1v) is 8.40. The molecule has 0 bridgehead atoms. The normalized spacial score (nSPS) is 19.1. The van der Waals surface area contributed by atoms with Gasteiger partial charge in [-0.15, -0.1) is 10.2 Å². The molecule has 1 aliphatic carbocycles. The zero-order valence-electron chi connectivity index (χ0n) is 13.4. The lowest BCUT2D eigenvalue weighted by atomic mass is 9.96. The first kappa shape index (κ1) is 14.4. The lowest BCUT2D eigenvalue weighted by Gasteiger charge is -2.30. The molecule has 0 atom stereocenters. The van der Waals surface area contributed by atoms with E-state index in [1.54, 1.807) is 0 Å². The molecule has 1 saturated heterocycles. The van der Waals surface area contributed by atoms with Crippen LogP contribution in [0.5, 0.6) is 0 Å². The van der Waals surface area contributed by atoms with Gasteiger partial charge in [-0.3, -0.25) is 4.79 Å². The van der Waals surface area contributed by atoms with Crippen LogP contribution >= 0.6 is 0 Å². The van der Waals surface area contributed by atoms with Crippen molar-refractivity contribution in [3.8, 4) is 0 Å². The van der Waals surface area contributed by atoms with Crippen LogP contribution < -0.4 is 0 Å². The van der Waals surface area contributed by atoms with Gasteiger partial charge in [0.1, 0.15) is 0 Å². The summed E-state index contributed by atoms with van der Waals surface area (Å²) in [7, 11) is 0. The summed E-state index contributed by atoms with van der Waals surface area (Å²) in [6.07, 6.45) is 4.13. The molecule has 1 aliphatic heterocycles. The van der Waals surface area contributed by atoms with Gasteiger partial charge < -0.3 is 9.32 Å². The molecule has 23 heavy (non-hydrogen) atoms. The molecule has 5 nitrogen and oxygen atoms in total. The Balaban J connectivity index is 1.40. The fraction of sp³-hybridized carbons (Fsp3) is 0.500. The second kappa shape index (κ2) is 5.80. The molecule has 0 N–H and O–H groups in total. The number of aromatic nitrogens is 2. The van der Waals surface area contributed by atoms with Crippen LogP contribution in [0.1, 0.15) is 65.2 Å². The van der Waals surface area contributed by atoms with Gasteiger partial charge in [-0.25, -0.2) is 0 Å². The Morgan fingerprint density at radius 2 is 1.65 bits per heavy atom. The average Bonchev–Trinajstić information content (AvgIpc) is 3.32. The van der Waals surface area contributed by atoms with Crippen molar-refractivity contribution in [2.24, 2.45) is 0 Å². The minimum absolute atomic E-state index is 0.130. The Morgan fingerprint density at radius 1 is 1.04 bits per heavy atom. The summed E-state index contributed by atoms with van der Waals surface area (Å²) in [5.41, 5.74) is 1.84. The quantitative estimate of drug-likeness (QED) is 0.873. The Labute approximate surface area is 135 Å². The number of nitrogens with zero attached hydrogens (tertiary/aromatic N) is 3. The predicted molar refractivity (Wildman–Crippen MR) is 85.3 cm³/mol. The van der Waals surface area contributed by atoms with Crippen LogP contribution in [0.15, 0.2) is 28.7 Å². The molecule has 1 saturated carbocycles. The maximum Gasteiger partial charge on any atom is 0.254 e. The van der Waals surface area contributed by atoms with E-state index in [0.29, 0.717) is 5.92 Å². The molecule has 0 radical (unpaired) electrons. The molecule has 2 fully saturated rings. The molecule has 1 aromatic carbocycles. The fourth-order valence-electron chi connectivity index (χ4n) is 3.22. The molecule has 120 valence electrons. The van der Waals surface area contributed by atoms with Gasteiger partial charge in [0.15, 0.2) is 0 Å². The highest BCUT2D eigenvalue weighted by Crippen LogP contribution is 2.40. The number of hydrogen-bond acceptors (Lipinski definition) is 4. The first-order chi connectivity index (χ1) is 11.2. The van der Waals surface area contributed by atoms with Crippen molar-refractivity contribution in [2.75, 3.05) is 13.1 Å². The van der Waals surface area contributed by atoms with Gasteiger partial charge in [0, 0.05) is 30.5 Å². The van der Waals surface area contributed by atoms with Crippen molar-refractivity contribution in [3.63, 3.8) is 0 Å². The lowest BCUT2D eigenvalue weighted by Crippen LogP contribution is -2.38. The van der Waals surface area contributed by atoms with E-state index in [-0.39, 0.29) is 11.8 Å². The number of hydrogen-bond donors (Lipinski definition) is 0. The van der Waals surface area contributed by atoms with Gasteiger partial charge >= 0.3 is 0 Å². The average molecular weight is 311 g/mol. The molecule has 5 heteroatoms. The van der Waals surface area contributed by atoms with Crippen molar-refractivity contribution in [1.82, 2.24) is 15.1 Å². The minimum Gasteiger partial charge on any atom is -0.425 e.